The minimum atomic E-state index is -0.502. The predicted molar refractivity (Wildman–Crippen MR) is 118 cm³/mol. The van der Waals surface area contributed by atoms with Gasteiger partial charge in [-0.3, -0.25) is 4.79 Å². The van der Waals surface area contributed by atoms with E-state index in [1.165, 1.54) is 11.5 Å². The van der Waals surface area contributed by atoms with Crippen molar-refractivity contribution < 1.29 is 14.2 Å². The maximum atomic E-state index is 11.8. The van der Waals surface area contributed by atoms with Gasteiger partial charge in [0.2, 0.25) is 11.6 Å². The molecule has 2 aromatic carbocycles. The molecule has 0 spiro atoms. The fraction of sp³-hybridized carbons (Fsp3) is 0.227. The van der Waals surface area contributed by atoms with Gasteiger partial charge in [-0.15, -0.1) is 0 Å². The second-order valence-electron chi connectivity index (χ2n) is 7.28. The van der Waals surface area contributed by atoms with Crippen molar-refractivity contribution in [3.63, 3.8) is 0 Å². The summed E-state index contributed by atoms with van der Waals surface area (Å²) in [5, 5.41) is 8.97. The van der Waals surface area contributed by atoms with Gasteiger partial charge in [0.05, 0.1) is 17.7 Å². The van der Waals surface area contributed by atoms with Gasteiger partial charge in [0.25, 0.3) is 5.91 Å². The molecule has 0 fully saturated rings. The van der Waals surface area contributed by atoms with Gasteiger partial charge in [-0.05, 0) is 34.3 Å². The molecule has 31 heavy (non-hydrogen) atoms. The number of aromatic nitrogens is 4. The third-order valence-corrected chi connectivity index (χ3v) is 6.01. The summed E-state index contributed by atoms with van der Waals surface area (Å²) >= 11 is 1.26. The summed E-state index contributed by atoms with van der Waals surface area (Å²) in [7, 11) is 0. The van der Waals surface area contributed by atoms with Crippen LogP contribution in [0.3, 0.4) is 0 Å². The molecular weight excluding hydrogens is 412 g/mol. The SMILES string of the molecule is NC(=O)c1cccc2c(-c3nc(NCc4ccccc4)c4[n+](n3)CCCCO4)snc12. The molecule has 3 N–H and O–H groups in total. The van der Waals surface area contributed by atoms with Gasteiger partial charge in [0, 0.05) is 23.5 Å². The first-order chi connectivity index (χ1) is 15.2. The van der Waals surface area contributed by atoms with Crippen molar-refractivity contribution in [1.29, 1.82) is 0 Å². The van der Waals surface area contributed by atoms with Crippen LogP contribution in [0.1, 0.15) is 28.8 Å². The molecule has 1 amide bonds. The summed E-state index contributed by atoms with van der Waals surface area (Å²) in [4.78, 5) is 17.4. The van der Waals surface area contributed by atoms with Gasteiger partial charge < -0.3 is 15.8 Å². The summed E-state index contributed by atoms with van der Waals surface area (Å²) < 4.78 is 12.3. The number of nitrogens with one attached hydrogen (secondary N) is 1. The smallest absolute Gasteiger partial charge is 0.437 e. The fourth-order valence-electron chi connectivity index (χ4n) is 3.60. The molecular formula is C22H21N6O2S+. The zero-order valence-electron chi connectivity index (χ0n) is 16.7. The van der Waals surface area contributed by atoms with E-state index in [-0.39, 0.29) is 0 Å². The molecule has 5 rings (SSSR count). The van der Waals surface area contributed by atoms with Crippen molar-refractivity contribution >= 4 is 34.2 Å². The van der Waals surface area contributed by atoms with Gasteiger partial charge in [0.1, 0.15) is 4.88 Å². The number of amides is 1. The number of aryl methyl sites for hydroxylation is 1. The van der Waals surface area contributed by atoms with Gasteiger partial charge in [-0.2, -0.15) is 9.36 Å². The highest BCUT2D eigenvalue weighted by molar-refractivity contribution is 7.11. The van der Waals surface area contributed by atoms with E-state index in [9.17, 15) is 4.79 Å². The largest absolute Gasteiger partial charge is 0.440 e. The molecule has 0 aliphatic carbocycles. The summed E-state index contributed by atoms with van der Waals surface area (Å²) in [6.07, 6.45) is 1.93. The van der Waals surface area contributed by atoms with E-state index in [2.05, 4.69) is 21.8 Å². The van der Waals surface area contributed by atoms with Crippen LogP contribution >= 0.6 is 11.5 Å². The van der Waals surface area contributed by atoms with Crippen molar-refractivity contribution in [2.45, 2.75) is 25.9 Å². The Bertz CT molecular complexity index is 1260. The van der Waals surface area contributed by atoms with Crippen LogP contribution in [0.4, 0.5) is 5.82 Å². The number of primary amides is 1. The van der Waals surface area contributed by atoms with E-state index in [0.29, 0.717) is 41.8 Å². The number of anilines is 1. The van der Waals surface area contributed by atoms with Crippen molar-refractivity contribution in [3.8, 4) is 16.6 Å². The second-order valence-corrected chi connectivity index (χ2v) is 8.06. The zero-order chi connectivity index (χ0) is 21.2. The third-order valence-electron chi connectivity index (χ3n) is 5.15. The molecule has 0 bridgehead atoms. The number of hydrogen-bond acceptors (Lipinski definition) is 7. The minimum Gasteiger partial charge on any atom is -0.440 e. The van der Waals surface area contributed by atoms with Gasteiger partial charge >= 0.3 is 5.88 Å². The number of fused-ring (bicyclic) bond motifs is 2. The lowest BCUT2D eigenvalue weighted by Gasteiger charge is -2.09. The van der Waals surface area contributed by atoms with Crippen LogP contribution < -0.4 is 20.5 Å². The quantitative estimate of drug-likeness (QED) is 0.469. The van der Waals surface area contributed by atoms with Crippen molar-refractivity contribution in [3.05, 3.63) is 59.7 Å². The van der Waals surface area contributed by atoms with Crippen LogP contribution in [-0.2, 0) is 13.1 Å². The van der Waals surface area contributed by atoms with Gasteiger partial charge in [0.15, 0.2) is 6.54 Å². The first-order valence-electron chi connectivity index (χ1n) is 10.1. The molecule has 0 saturated carbocycles. The molecule has 8 nitrogen and oxygen atoms in total. The number of nitrogens with two attached hydrogens (primary N) is 1. The van der Waals surface area contributed by atoms with E-state index in [1.807, 2.05) is 28.9 Å². The lowest BCUT2D eigenvalue weighted by molar-refractivity contribution is -0.754. The first-order valence-corrected chi connectivity index (χ1v) is 10.9. The van der Waals surface area contributed by atoms with Crippen LogP contribution in [-0.4, -0.2) is 27.0 Å². The number of carbonyl (C=O) groups excluding carboxylic acids is 1. The number of rotatable bonds is 5. The number of ether oxygens (including phenoxy) is 1. The molecule has 4 aromatic rings. The summed E-state index contributed by atoms with van der Waals surface area (Å²) in [6, 6.07) is 15.5. The van der Waals surface area contributed by atoms with E-state index in [4.69, 9.17) is 20.6 Å². The lowest BCUT2D eigenvalue weighted by atomic mass is 10.1. The van der Waals surface area contributed by atoms with Crippen LogP contribution in [0.25, 0.3) is 21.6 Å². The molecule has 0 atom stereocenters. The Morgan fingerprint density at radius 3 is 2.87 bits per heavy atom. The summed E-state index contributed by atoms with van der Waals surface area (Å²) in [6.45, 7) is 1.99. The fourth-order valence-corrected chi connectivity index (χ4v) is 4.41. The lowest BCUT2D eigenvalue weighted by Crippen LogP contribution is -2.40. The number of hydrogen-bond donors (Lipinski definition) is 2. The van der Waals surface area contributed by atoms with Gasteiger partial charge in [-0.1, -0.05) is 42.5 Å². The molecule has 0 radical (unpaired) electrons. The topological polar surface area (TPSA) is 107 Å². The van der Waals surface area contributed by atoms with Crippen molar-refractivity contribution in [2.75, 3.05) is 11.9 Å². The second kappa shape index (κ2) is 8.27. The average Bonchev–Trinajstić information content (AvgIpc) is 3.08. The Morgan fingerprint density at radius 1 is 1.16 bits per heavy atom. The van der Waals surface area contributed by atoms with E-state index >= 15 is 0 Å². The standard InChI is InChI=1S/C22H20N6O2S/c23-19(29)16-10-6-9-15-17(16)27-31-18(15)20-25-21(24-13-14-7-2-1-3-8-14)22-28(26-20)11-4-5-12-30-22/h1-3,6-10H,4-5,11-13H2,(H2-,23,24,25,26,29)/p+1. The highest BCUT2D eigenvalue weighted by Crippen LogP contribution is 2.33. The normalized spacial score (nSPS) is 13.3. The van der Waals surface area contributed by atoms with Crippen LogP contribution in [0, 0.1) is 0 Å². The molecule has 1 aliphatic heterocycles. The first kappa shape index (κ1) is 19.4. The molecule has 9 heteroatoms. The maximum Gasteiger partial charge on any atom is 0.437 e. The Hall–Kier alpha value is -3.59. The Balaban J connectivity index is 1.59. The van der Waals surface area contributed by atoms with Crippen LogP contribution in [0.2, 0.25) is 0 Å². The average molecular weight is 434 g/mol. The summed E-state index contributed by atoms with van der Waals surface area (Å²) in [5.74, 6) is 1.32. The molecule has 2 aromatic heterocycles. The molecule has 3 heterocycles. The molecule has 1 aliphatic rings. The minimum absolute atomic E-state index is 0.396. The Kier molecular flexibility index (Phi) is 5.17. The maximum absolute atomic E-state index is 11.8. The van der Waals surface area contributed by atoms with E-state index in [0.717, 1.165) is 35.2 Å². The van der Waals surface area contributed by atoms with E-state index < -0.39 is 5.91 Å². The predicted octanol–water partition coefficient (Wildman–Crippen LogP) is 2.92. The van der Waals surface area contributed by atoms with Gasteiger partial charge in [-0.25, -0.2) is 0 Å². The monoisotopic (exact) mass is 433 g/mol. The molecule has 0 unspecified atom stereocenters. The summed E-state index contributed by atoms with van der Waals surface area (Å²) in [5.41, 5.74) is 7.64. The van der Waals surface area contributed by atoms with Crippen LogP contribution in [0.15, 0.2) is 48.5 Å². The van der Waals surface area contributed by atoms with Crippen LogP contribution in [0.5, 0.6) is 5.88 Å². The number of nitrogens with zero attached hydrogens (tertiary/aromatic N) is 4. The molecule has 156 valence electrons. The Labute approximate surface area is 182 Å². The van der Waals surface area contributed by atoms with Crippen molar-refractivity contribution in [1.82, 2.24) is 14.5 Å². The third kappa shape index (κ3) is 3.79. The van der Waals surface area contributed by atoms with E-state index in [1.54, 1.807) is 12.1 Å². The highest BCUT2D eigenvalue weighted by Gasteiger charge is 2.28. The Morgan fingerprint density at radius 2 is 2.03 bits per heavy atom. The zero-order valence-corrected chi connectivity index (χ0v) is 17.6. The molecule has 0 saturated heterocycles. The number of carbonyl (C=O) groups is 1. The highest BCUT2D eigenvalue weighted by atomic mass is 32.1. The number of benzene rings is 2. The van der Waals surface area contributed by atoms with Crippen molar-refractivity contribution in [2.24, 2.45) is 5.73 Å².